The largest absolute Gasteiger partial charge is 0.378 e. The predicted molar refractivity (Wildman–Crippen MR) is 105 cm³/mol. The number of aromatic nitrogens is 4. The lowest BCUT2D eigenvalue weighted by Crippen LogP contribution is -2.13. The summed E-state index contributed by atoms with van der Waals surface area (Å²) in [5, 5.41) is 15.2. The summed E-state index contributed by atoms with van der Waals surface area (Å²) in [5.74, 6) is -0.142. The maximum atomic E-state index is 12.4. The van der Waals surface area contributed by atoms with Crippen molar-refractivity contribution in [1.82, 2.24) is 19.8 Å². The van der Waals surface area contributed by atoms with Gasteiger partial charge in [-0.25, -0.2) is 0 Å². The first-order chi connectivity index (χ1) is 13.1. The number of benzene rings is 2. The van der Waals surface area contributed by atoms with Gasteiger partial charge in [0, 0.05) is 36.6 Å². The quantitative estimate of drug-likeness (QED) is 0.607. The molecule has 4 rings (SSSR count). The van der Waals surface area contributed by atoms with Crippen LogP contribution >= 0.6 is 0 Å². The number of nitrogens with one attached hydrogen (secondary N) is 1. The Kier molecular flexibility index (Phi) is 4.25. The average Bonchev–Trinajstić information content (AvgIpc) is 3.16. The third-order valence-electron chi connectivity index (χ3n) is 4.25. The third-order valence-corrected chi connectivity index (χ3v) is 4.25. The van der Waals surface area contributed by atoms with Crippen molar-refractivity contribution in [2.75, 3.05) is 24.3 Å². The third kappa shape index (κ3) is 3.48. The molecule has 4 aromatic rings. The highest BCUT2D eigenvalue weighted by Gasteiger charge is 2.08. The van der Waals surface area contributed by atoms with Crippen LogP contribution in [0.15, 0.2) is 67.0 Å². The van der Waals surface area contributed by atoms with E-state index in [4.69, 9.17) is 0 Å². The van der Waals surface area contributed by atoms with E-state index in [2.05, 4.69) is 20.6 Å². The molecule has 0 aliphatic rings. The Morgan fingerprint density at radius 1 is 0.963 bits per heavy atom. The van der Waals surface area contributed by atoms with Crippen LogP contribution in [0.25, 0.3) is 16.9 Å². The van der Waals surface area contributed by atoms with Crippen molar-refractivity contribution in [3.05, 3.63) is 72.6 Å². The summed E-state index contributed by atoms with van der Waals surface area (Å²) < 4.78 is 1.63. The SMILES string of the molecule is CN(C)c1ccc(C(=O)Nc2ccc(-c3ccc4nncn4n3)cc2)cc1. The van der Waals surface area contributed by atoms with Crippen molar-refractivity contribution in [2.45, 2.75) is 0 Å². The Hall–Kier alpha value is -3.74. The van der Waals surface area contributed by atoms with E-state index in [1.54, 1.807) is 10.8 Å². The van der Waals surface area contributed by atoms with Crippen LogP contribution in [0.2, 0.25) is 0 Å². The first-order valence-electron chi connectivity index (χ1n) is 8.46. The molecule has 0 aliphatic carbocycles. The van der Waals surface area contributed by atoms with E-state index in [9.17, 15) is 4.79 Å². The monoisotopic (exact) mass is 358 g/mol. The summed E-state index contributed by atoms with van der Waals surface area (Å²) in [6.07, 6.45) is 1.56. The van der Waals surface area contributed by atoms with E-state index >= 15 is 0 Å². The van der Waals surface area contributed by atoms with Crippen LogP contribution in [0, 0.1) is 0 Å². The van der Waals surface area contributed by atoms with Crippen LogP contribution in [0.5, 0.6) is 0 Å². The second-order valence-corrected chi connectivity index (χ2v) is 6.33. The summed E-state index contributed by atoms with van der Waals surface area (Å²) in [6.45, 7) is 0. The van der Waals surface area contributed by atoms with E-state index < -0.39 is 0 Å². The van der Waals surface area contributed by atoms with Crippen molar-refractivity contribution in [2.24, 2.45) is 0 Å². The first kappa shape index (κ1) is 16.7. The van der Waals surface area contributed by atoms with Crippen molar-refractivity contribution in [1.29, 1.82) is 0 Å². The molecule has 1 amide bonds. The number of carbonyl (C=O) groups excluding carboxylic acids is 1. The standard InChI is InChI=1S/C20H18N6O/c1-25(2)17-9-5-15(6-10-17)20(27)22-16-7-3-14(4-8-16)18-11-12-19-23-21-13-26(19)24-18/h3-13H,1-2H3,(H,22,27). The molecule has 2 aromatic carbocycles. The zero-order valence-corrected chi connectivity index (χ0v) is 15.0. The molecule has 0 saturated heterocycles. The number of hydrogen-bond acceptors (Lipinski definition) is 5. The second-order valence-electron chi connectivity index (χ2n) is 6.33. The van der Waals surface area contributed by atoms with E-state index in [1.807, 2.05) is 79.7 Å². The molecule has 2 aromatic heterocycles. The van der Waals surface area contributed by atoms with E-state index in [1.165, 1.54) is 0 Å². The van der Waals surface area contributed by atoms with Crippen LogP contribution in [0.4, 0.5) is 11.4 Å². The fraction of sp³-hybridized carbons (Fsp3) is 0.100. The first-order valence-corrected chi connectivity index (χ1v) is 8.46. The highest BCUT2D eigenvalue weighted by atomic mass is 16.1. The van der Waals surface area contributed by atoms with Gasteiger partial charge in [-0.1, -0.05) is 12.1 Å². The maximum absolute atomic E-state index is 12.4. The summed E-state index contributed by atoms with van der Waals surface area (Å²) >= 11 is 0. The molecular formula is C20H18N6O. The molecule has 134 valence electrons. The van der Waals surface area contributed by atoms with Gasteiger partial charge in [0.2, 0.25) is 0 Å². The van der Waals surface area contributed by atoms with Crippen LogP contribution in [-0.4, -0.2) is 39.8 Å². The zero-order chi connectivity index (χ0) is 18.8. The van der Waals surface area contributed by atoms with Crippen molar-refractivity contribution >= 4 is 22.9 Å². The van der Waals surface area contributed by atoms with Crippen molar-refractivity contribution < 1.29 is 4.79 Å². The van der Waals surface area contributed by atoms with Crippen LogP contribution in [-0.2, 0) is 0 Å². The molecule has 0 atom stereocenters. The molecule has 27 heavy (non-hydrogen) atoms. The van der Waals surface area contributed by atoms with Gasteiger partial charge >= 0.3 is 0 Å². The zero-order valence-electron chi connectivity index (χ0n) is 15.0. The molecule has 0 bridgehead atoms. The van der Waals surface area contributed by atoms with Crippen molar-refractivity contribution in [3.8, 4) is 11.3 Å². The number of amides is 1. The van der Waals surface area contributed by atoms with Crippen molar-refractivity contribution in [3.63, 3.8) is 0 Å². The predicted octanol–water partition coefficient (Wildman–Crippen LogP) is 3.11. The molecule has 2 heterocycles. The van der Waals surface area contributed by atoms with E-state index in [-0.39, 0.29) is 5.91 Å². The molecule has 7 nitrogen and oxygen atoms in total. The maximum Gasteiger partial charge on any atom is 0.255 e. The molecule has 0 radical (unpaired) electrons. The van der Waals surface area contributed by atoms with Gasteiger partial charge in [0.25, 0.3) is 5.91 Å². The second kappa shape index (κ2) is 6.87. The molecule has 0 fully saturated rings. The summed E-state index contributed by atoms with van der Waals surface area (Å²) in [6, 6.07) is 18.8. The van der Waals surface area contributed by atoms with Gasteiger partial charge in [0.15, 0.2) is 5.65 Å². The minimum absolute atomic E-state index is 0.142. The van der Waals surface area contributed by atoms with Crippen LogP contribution in [0.3, 0.4) is 0 Å². The van der Waals surface area contributed by atoms with Gasteiger partial charge in [-0.3, -0.25) is 4.79 Å². The van der Waals surface area contributed by atoms with E-state index in [0.29, 0.717) is 11.2 Å². The lowest BCUT2D eigenvalue weighted by atomic mass is 10.1. The molecule has 0 aliphatic heterocycles. The minimum Gasteiger partial charge on any atom is -0.378 e. The van der Waals surface area contributed by atoms with Gasteiger partial charge < -0.3 is 10.2 Å². The average molecular weight is 358 g/mol. The molecule has 1 N–H and O–H groups in total. The van der Waals surface area contributed by atoms with Gasteiger partial charge in [0.05, 0.1) is 5.69 Å². The highest BCUT2D eigenvalue weighted by molar-refractivity contribution is 6.04. The lowest BCUT2D eigenvalue weighted by molar-refractivity contribution is 0.102. The number of carbonyl (C=O) groups is 1. The van der Waals surface area contributed by atoms with Crippen LogP contribution < -0.4 is 10.2 Å². The summed E-state index contributed by atoms with van der Waals surface area (Å²) in [4.78, 5) is 14.4. The lowest BCUT2D eigenvalue weighted by Gasteiger charge is -2.12. The van der Waals surface area contributed by atoms with Gasteiger partial charge in [0.1, 0.15) is 6.33 Å². The minimum atomic E-state index is -0.142. The summed E-state index contributed by atoms with van der Waals surface area (Å²) in [5.41, 5.74) is 4.84. The Balaban J connectivity index is 1.49. The highest BCUT2D eigenvalue weighted by Crippen LogP contribution is 2.20. The van der Waals surface area contributed by atoms with Gasteiger partial charge in [-0.2, -0.15) is 9.61 Å². The fourth-order valence-corrected chi connectivity index (χ4v) is 2.72. The van der Waals surface area contributed by atoms with Gasteiger partial charge in [-0.15, -0.1) is 10.2 Å². The normalized spacial score (nSPS) is 10.7. The van der Waals surface area contributed by atoms with E-state index in [0.717, 1.165) is 22.6 Å². The summed E-state index contributed by atoms with van der Waals surface area (Å²) in [7, 11) is 3.93. The number of anilines is 2. The molecule has 0 unspecified atom stereocenters. The Morgan fingerprint density at radius 2 is 1.70 bits per heavy atom. The number of rotatable bonds is 4. The van der Waals surface area contributed by atoms with Gasteiger partial charge in [-0.05, 0) is 48.5 Å². The Bertz CT molecular complexity index is 1080. The fourth-order valence-electron chi connectivity index (χ4n) is 2.72. The number of hydrogen-bond donors (Lipinski definition) is 1. The molecule has 0 saturated carbocycles. The number of nitrogens with zero attached hydrogens (tertiary/aromatic N) is 5. The smallest absolute Gasteiger partial charge is 0.255 e. The topological polar surface area (TPSA) is 75.4 Å². The molecule has 0 spiro atoms. The Labute approximate surface area is 156 Å². The molecule has 7 heteroatoms. The number of fused-ring (bicyclic) bond motifs is 1. The Morgan fingerprint density at radius 3 is 2.41 bits per heavy atom. The van der Waals surface area contributed by atoms with Crippen LogP contribution in [0.1, 0.15) is 10.4 Å². The molecular weight excluding hydrogens is 340 g/mol.